The molecule has 1 N–H and O–H groups in total. The summed E-state index contributed by atoms with van der Waals surface area (Å²) in [6, 6.07) is 6.06. The summed E-state index contributed by atoms with van der Waals surface area (Å²) in [6.45, 7) is 2.31. The van der Waals surface area contributed by atoms with E-state index in [1.54, 1.807) is 20.3 Å². The predicted octanol–water partition coefficient (Wildman–Crippen LogP) is 3.63. The largest absolute Gasteiger partial charge is 0.465 e. The molecule has 0 unspecified atom stereocenters. The summed E-state index contributed by atoms with van der Waals surface area (Å²) in [5, 5.41) is 3.62. The lowest BCUT2D eigenvalue weighted by molar-refractivity contribution is -0.100. The monoisotopic (exact) mass is 335 g/mol. The Morgan fingerprint density at radius 1 is 1.17 bits per heavy atom. The topological polar surface area (TPSA) is 56.8 Å². The van der Waals surface area contributed by atoms with Crippen LogP contribution in [-0.2, 0) is 20.6 Å². The van der Waals surface area contributed by atoms with Crippen molar-refractivity contribution in [3.05, 3.63) is 29.3 Å². The lowest BCUT2D eigenvalue weighted by Gasteiger charge is -2.29. The number of anilines is 1. The van der Waals surface area contributed by atoms with Gasteiger partial charge >= 0.3 is 5.97 Å². The van der Waals surface area contributed by atoms with Crippen molar-refractivity contribution < 1.29 is 19.0 Å². The summed E-state index contributed by atoms with van der Waals surface area (Å²) in [6.07, 6.45) is 5.10. The molecule has 2 rings (SSSR count). The van der Waals surface area contributed by atoms with Crippen molar-refractivity contribution >= 4 is 11.7 Å². The van der Waals surface area contributed by atoms with Crippen LogP contribution in [0.15, 0.2) is 18.2 Å². The molecule has 1 aliphatic carbocycles. The summed E-state index contributed by atoms with van der Waals surface area (Å²) in [5.74, 6) is 0.479. The SMILES string of the molecule is COC(=O)c1ccc(CC(OC)OC)c(NC2CCC(C)CC2)c1. The lowest BCUT2D eigenvalue weighted by Crippen LogP contribution is -2.26. The number of nitrogens with one attached hydrogen (secondary N) is 1. The van der Waals surface area contributed by atoms with Crippen LogP contribution >= 0.6 is 0 Å². The highest BCUT2D eigenvalue weighted by molar-refractivity contribution is 5.90. The van der Waals surface area contributed by atoms with E-state index in [-0.39, 0.29) is 12.3 Å². The fourth-order valence-electron chi connectivity index (χ4n) is 3.20. The van der Waals surface area contributed by atoms with Crippen LogP contribution in [0.5, 0.6) is 0 Å². The van der Waals surface area contributed by atoms with Gasteiger partial charge in [-0.1, -0.05) is 13.0 Å². The zero-order valence-corrected chi connectivity index (χ0v) is 15.1. The second-order valence-corrected chi connectivity index (χ2v) is 6.57. The Morgan fingerprint density at radius 2 is 1.83 bits per heavy atom. The number of hydrogen-bond donors (Lipinski definition) is 1. The van der Waals surface area contributed by atoms with E-state index in [4.69, 9.17) is 14.2 Å². The van der Waals surface area contributed by atoms with Crippen molar-refractivity contribution in [1.29, 1.82) is 0 Å². The summed E-state index contributed by atoms with van der Waals surface area (Å²) >= 11 is 0. The molecule has 24 heavy (non-hydrogen) atoms. The van der Waals surface area contributed by atoms with Crippen LogP contribution < -0.4 is 5.32 Å². The molecule has 1 aromatic carbocycles. The minimum Gasteiger partial charge on any atom is -0.465 e. The molecule has 0 aliphatic heterocycles. The zero-order chi connectivity index (χ0) is 17.5. The fraction of sp³-hybridized carbons (Fsp3) is 0.632. The van der Waals surface area contributed by atoms with Gasteiger partial charge in [0.15, 0.2) is 6.29 Å². The smallest absolute Gasteiger partial charge is 0.337 e. The molecule has 1 aromatic rings. The molecule has 1 aliphatic rings. The molecule has 0 spiro atoms. The first-order valence-corrected chi connectivity index (χ1v) is 8.60. The Balaban J connectivity index is 2.20. The van der Waals surface area contributed by atoms with Crippen LogP contribution in [0.2, 0.25) is 0 Å². The molecule has 134 valence electrons. The van der Waals surface area contributed by atoms with E-state index in [9.17, 15) is 4.79 Å². The first-order valence-electron chi connectivity index (χ1n) is 8.60. The molecule has 0 radical (unpaired) electrons. The van der Waals surface area contributed by atoms with Crippen LogP contribution in [0.1, 0.15) is 48.5 Å². The molecule has 0 aromatic heterocycles. The van der Waals surface area contributed by atoms with Gasteiger partial charge in [0.2, 0.25) is 0 Å². The van der Waals surface area contributed by atoms with Crippen LogP contribution in [-0.4, -0.2) is 39.6 Å². The molecule has 5 nitrogen and oxygen atoms in total. The molecule has 0 heterocycles. The summed E-state index contributed by atoms with van der Waals surface area (Å²) in [7, 11) is 4.66. The van der Waals surface area contributed by atoms with Gasteiger partial charge in [-0.15, -0.1) is 0 Å². The number of carbonyl (C=O) groups is 1. The highest BCUT2D eigenvalue weighted by atomic mass is 16.7. The molecule has 0 bridgehead atoms. The van der Waals surface area contributed by atoms with Gasteiger partial charge in [-0.05, 0) is 49.3 Å². The number of hydrogen-bond acceptors (Lipinski definition) is 5. The third-order valence-corrected chi connectivity index (χ3v) is 4.82. The Morgan fingerprint density at radius 3 is 2.42 bits per heavy atom. The van der Waals surface area contributed by atoms with Crippen LogP contribution in [0.4, 0.5) is 5.69 Å². The van der Waals surface area contributed by atoms with E-state index in [1.807, 2.05) is 12.1 Å². The maximum Gasteiger partial charge on any atom is 0.337 e. The number of ether oxygens (including phenoxy) is 3. The number of benzene rings is 1. The normalized spacial score (nSPS) is 20.9. The second kappa shape index (κ2) is 9.04. The van der Waals surface area contributed by atoms with Gasteiger partial charge in [0, 0.05) is 32.4 Å². The van der Waals surface area contributed by atoms with Gasteiger partial charge in [-0.2, -0.15) is 0 Å². The van der Waals surface area contributed by atoms with E-state index in [0.717, 1.165) is 30.0 Å². The summed E-state index contributed by atoms with van der Waals surface area (Å²) in [5.41, 5.74) is 2.60. The summed E-state index contributed by atoms with van der Waals surface area (Å²) < 4.78 is 15.5. The molecule has 5 heteroatoms. The van der Waals surface area contributed by atoms with E-state index < -0.39 is 0 Å². The van der Waals surface area contributed by atoms with E-state index >= 15 is 0 Å². The van der Waals surface area contributed by atoms with Gasteiger partial charge in [0.1, 0.15) is 0 Å². The molecular weight excluding hydrogens is 306 g/mol. The van der Waals surface area contributed by atoms with Crippen molar-refractivity contribution in [3.63, 3.8) is 0 Å². The van der Waals surface area contributed by atoms with Crippen molar-refractivity contribution in [2.24, 2.45) is 5.92 Å². The zero-order valence-electron chi connectivity index (χ0n) is 15.1. The molecule has 1 fully saturated rings. The van der Waals surface area contributed by atoms with Crippen LogP contribution in [0, 0.1) is 5.92 Å². The van der Waals surface area contributed by atoms with E-state index in [0.29, 0.717) is 18.0 Å². The molecule has 0 atom stereocenters. The second-order valence-electron chi connectivity index (χ2n) is 6.57. The van der Waals surface area contributed by atoms with Gasteiger partial charge in [0.05, 0.1) is 12.7 Å². The summed E-state index contributed by atoms with van der Waals surface area (Å²) in [4.78, 5) is 11.8. The van der Waals surface area contributed by atoms with E-state index in [1.165, 1.54) is 20.0 Å². The van der Waals surface area contributed by atoms with Gasteiger partial charge in [-0.3, -0.25) is 0 Å². The Bertz CT molecular complexity index is 534. The maximum atomic E-state index is 11.8. The van der Waals surface area contributed by atoms with Crippen LogP contribution in [0.3, 0.4) is 0 Å². The number of rotatable bonds is 7. The molecule has 1 saturated carbocycles. The predicted molar refractivity (Wildman–Crippen MR) is 94.3 cm³/mol. The minimum absolute atomic E-state index is 0.305. The average Bonchev–Trinajstić information content (AvgIpc) is 2.61. The number of carbonyl (C=O) groups excluding carboxylic acids is 1. The standard InChI is InChI=1S/C19H29NO4/c1-13-5-9-16(10-6-13)20-17-11-15(19(21)24-4)8-7-14(17)12-18(22-2)23-3/h7-8,11,13,16,18,20H,5-6,9-10,12H2,1-4H3. The average molecular weight is 335 g/mol. The van der Waals surface area contributed by atoms with Gasteiger partial charge in [-0.25, -0.2) is 4.79 Å². The quantitative estimate of drug-likeness (QED) is 0.609. The third kappa shape index (κ3) is 4.95. The molecule has 0 saturated heterocycles. The molecular formula is C19H29NO4. The van der Waals surface area contributed by atoms with Gasteiger partial charge < -0.3 is 19.5 Å². The van der Waals surface area contributed by atoms with Crippen LogP contribution in [0.25, 0.3) is 0 Å². The Kier molecular flexibility index (Phi) is 7.06. The number of methoxy groups -OCH3 is 3. The number of esters is 1. The maximum absolute atomic E-state index is 11.8. The van der Waals surface area contributed by atoms with E-state index in [2.05, 4.69) is 12.2 Å². The van der Waals surface area contributed by atoms with Crippen molar-refractivity contribution in [2.45, 2.75) is 51.4 Å². The first-order chi connectivity index (χ1) is 11.6. The third-order valence-electron chi connectivity index (χ3n) is 4.82. The lowest BCUT2D eigenvalue weighted by atomic mass is 9.87. The van der Waals surface area contributed by atoms with Crippen molar-refractivity contribution in [2.75, 3.05) is 26.6 Å². The van der Waals surface area contributed by atoms with Gasteiger partial charge in [0.25, 0.3) is 0 Å². The van der Waals surface area contributed by atoms with Crippen molar-refractivity contribution in [1.82, 2.24) is 0 Å². The Hall–Kier alpha value is -1.59. The first kappa shape index (κ1) is 18.7. The van der Waals surface area contributed by atoms with Crippen molar-refractivity contribution in [3.8, 4) is 0 Å². The highest BCUT2D eigenvalue weighted by Gasteiger charge is 2.20. The minimum atomic E-state index is -0.322. The fourth-order valence-corrected chi connectivity index (χ4v) is 3.20. The molecule has 0 amide bonds. The Labute approximate surface area is 144 Å². The highest BCUT2D eigenvalue weighted by Crippen LogP contribution is 2.28.